The van der Waals surface area contributed by atoms with Crippen LogP contribution in [0.3, 0.4) is 0 Å². The molecule has 0 bridgehead atoms. The summed E-state index contributed by atoms with van der Waals surface area (Å²) in [7, 11) is 0. The lowest BCUT2D eigenvalue weighted by Gasteiger charge is -2.25. The van der Waals surface area contributed by atoms with Crippen molar-refractivity contribution in [2.24, 2.45) is 0 Å². The zero-order valence-corrected chi connectivity index (χ0v) is 11.7. The van der Waals surface area contributed by atoms with Gasteiger partial charge in [-0.3, -0.25) is 9.59 Å². The number of aromatic nitrogens is 1. The van der Waals surface area contributed by atoms with Gasteiger partial charge in [0.05, 0.1) is 5.01 Å². The van der Waals surface area contributed by atoms with E-state index in [9.17, 15) is 9.59 Å². The minimum atomic E-state index is -0.837. The smallest absolute Gasteiger partial charge is 0.303 e. The topological polar surface area (TPSA) is 70.5 Å². The van der Waals surface area contributed by atoms with E-state index >= 15 is 0 Å². The fraction of sp³-hybridized carbons (Fsp3) is 0.583. The van der Waals surface area contributed by atoms with Gasteiger partial charge in [0.15, 0.2) is 0 Å². The van der Waals surface area contributed by atoms with Crippen LogP contribution in [-0.4, -0.2) is 39.5 Å². The second-order valence-electron chi connectivity index (χ2n) is 4.34. The zero-order valence-electron chi connectivity index (χ0n) is 10.8. The van der Waals surface area contributed by atoms with Gasteiger partial charge in [0.2, 0.25) is 0 Å². The highest BCUT2D eigenvalue weighted by atomic mass is 32.1. The highest BCUT2D eigenvalue weighted by molar-refractivity contribution is 7.09. The molecule has 0 fully saturated rings. The molecule has 1 aromatic heterocycles. The fourth-order valence-corrected chi connectivity index (χ4v) is 2.19. The number of amides is 1. The van der Waals surface area contributed by atoms with E-state index in [4.69, 9.17) is 5.11 Å². The Morgan fingerprint density at radius 2 is 2.17 bits per heavy atom. The summed E-state index contributed by atoms with van der Waals surface area (Å²) < 4.78 is 0. The molecule has 0 spiro atoms. The van der Waals surface area contributed by atoms with Crippen LogP contribution in [0.2, 0.25) is 0 Å². The molecule has 0 aliphatic rings. The molecule has 0 radical (unpaired) electrons. The van der Waals surface area contributed by atoms with E-state index in [0.29, 0.717) is 18.7 Å². The Morgan fingerprint density at radius 3 is 2.61 bits per heavy atom. The molecule has 1 N–H and O–H groups in total. The van der Waals surface area contributed by atoms with Crippen molar-refractivity contribution in [2.45, 2.75) is 39.7 Å². The van der Waals surface area contributed by atoms with Gasteiger partial charge in [0, 0.05) is 24.4 Å². The number of carboxylic acid groups (broad SMARTS) is 1. The maximum Gasteiger partial charge on any atom is 0.303 e. The molecular weight excluding hydrogens is 252 g/mol. The summed E-state index contributed by atoms with van der Waals surface area (Å²) in [5.41, 5.74) is 0.446. The van der Waals surface area contributed by atoms with Gasteiger partial charge in [0.1, 0.15) is 5.69 Å². The van der Waals surface area contributed by atoms with Crippen LogP contribution in [0.4, 0.5) is 0 Å². The quantitative estimate of drug-likeness (QED) is 0.860. The average Bonchev–Trinajstić information content (AvgIpc) is 2.69. The normalized spacial score (nSPS) is 10.7. The standard InChI is InChI=1S/C12H18N2O3S/c1-8(2)14(6-4-5-11(15)16)12(17)10-7-18-9(3)13-10/h7-8H,4-6H2,1-3H3,(H,15,16). The predicted octanol–water partition coefficient (Wildman–Crippen LogP) is 2.17. The van der Waals surface area contributed by atoms with Crippen molar-refractivity contribution in [3.05, 3.63) is 16.1 Å². The molecule has 1 aromatic rings. The van der Waals surface area contributed by atoms with Gasteiger partial charge in [0.25, 0.3) is 5.91 Å². The summed E-state index contributed by atoms with van der Waals surface area (Å²) in [6, 6.07) is 0.0355. The Balaban J connectivity index is 2.67. The number of hydrogen-bond acceptors (Lipinski definition) is 4. The minimum Gasteiger partial charge on any atom is -0.481 e. The zero-order chi connectivity index (χ0) is 13.7. The maximum atomic E-state index is 12.2. The van der Waals surface area contributed by atoms with E-state index < -0.39 is 5.97 Å². The summed E-state index contributed by atoms with van der Waals surface area (Å²) in [6.07, 6.45) is 0.537. The predicted molar refractivity (Wildman–Crippen MR) is 69.9 cm³/mol. The van der Waals surface area contributed by atoms with Gasteiger partial charge < -0.3 is 10.0 Å². The van der Waals surface area contributed by atoms with Gasteiger partial charge in [-0.15, -0.1) is 11.3 Å². The first-order valence-electron chi connectivity index (χ1n) is 5.86. The molecule has 0 aromatic carbocycles. The first kappa shape index (κ1) is 14.6. The van der Waals surface area contributed by atoms with E-state index in [0.717, 1.165) is 5.01 Å². The molecule has 0 saturated heterocycles. The third-order valence-electron chi connectivity index (χ3n) is 2.51. The average molecular weight is 270 g/mol. The largest absolute Gasteiger partial charge is 0.481 e. The molecule has 18 heavy (non-hydrogen) atoms. The first-order valence-corrected chi connectivity index (χ1v) is 6.74. The van der Waals surface area contributed by atoms with Crippen molar-refractivity contribution in [1.29, 1.82) is 0 Å². The Morgan fingerprint density at radius 1 is 1.50 bits per heavy atom. The SMILES string of the molecule is Cc1nc(C(=O)N(CCCC(=O)O)C(C)C)cs1. The number of aliphatic carboxylic acids is 1. The second-order valence-corrected chi connectivity index (χ2v) is 5.40. The molecule has 0 saturated carbocycles. The lowest BCUT2D eigenvalue weighted by atomic mass is 10.2. The van der Waals surface area contributed by atoms with E-state index in [2.05, 4.69) is 4.98 Å². The summed E-state index contributed by atoms with van der Waals surface area (Å²) >= 11 is 1.44. The third kappa shape index (κ3) is 4.10. The number of nitrogens with zero attached hydrogens (tertiary/aromatic N) is 2. The van der Waals surface area contributed by atoms with Gasteiger partial charge >= 0.3 is 5.97 Å². The summed E-state index contributed by atoms with van der Waals surface area (Å²) in [5, 5.41) is 11.2. The Bertz CT molecular complexity index is 429. The van der Waals surface area contributed by atoms with E-state index in [1.807, 2.05) is 20.8 Å². The van der Waals surface area contributed by atoms with Crippen molar-refractivity contribution < 1.29 is 14.7 Å². The van der Waals surface area contributed by atoms with E-state index in [1.165, 1.54) is 11.3 Å². The Hall–Kier alpha value is -1.43. The molecule has 0 aliphatic carbocycles. The van der Waals surface area contributed by atoms with Crippen molar-refractivity contribution in [3.63, 3.8) is 0 Å². The van der Waals surface area contributed by atoms with Crippen LogP contribution in [0.1, 0.15) is 42.2 Å². The Kier molecular flexibility index (Phi) is 5.27. The van der Waals surface area contributed by atoms with Crippen LogP contribution in [0.15, 0.2) is 5.38 Å². The fourth-order valence-electron chi connectivity index (χ4n) is 1.60. The third-order valence-corrected chi connectivity index (χ3v) is 3.29. The molecule has 1 amide bonds. The van der Waals surface area contributed by atoms with Crippen LogP contribution in [0.25, 0.3) is 0 Å². The van der Waals surface area contributed by atoms with Crippen molar-refractivity contribution in [3.8, 4) is 0 Å². The van der Waals surface area contributed by atoms with Crippen LogP contribution >= 0.6 is 11.3 Å². The van der Waals surface area contributed by atoms with E-state index in [-0.39, 0.29) is 18.4 Å². The van der Waals surface area contributed by atoms with Crippen molar-refractivity contribution >= 4 is 23.2 Å². The van der Waals surface area contributed by atoms with Gasteiger partial charge in [-0.1, -0.05) is 0 Å². The number of carboxylic acids is 1. The number of hydrogen-bond donors (Lipinski definition) is 1. The molecule has 0 unspecified atom stereocenters. The second kappa shape index (κ2) is 6.49. The molecule has 6 heteroatoms. The number of carbonyl (C=O) groups is 2. The van der Waals surface area contributed by atoms with Crippen LogP contribution in [0.5, 0.6) is 0 Å². The maximum absolute atomic E-state index is 12.2. The van der Waals surface area contributed by atoms with Crippen LogP contribution < -0.4 is 0 Å². The van der Waals surface area contributed by atoms with Crippen LogP contribution in [0, 0.1) is 6.92 Å². The van der Waals surface area contributed by atoms with Crippen molar-refractivity contribution in [1.82, 2.24) is 9.88 Å². The van der Waals surface area contributed by atoms with Gasteiger partial charge in [-0.2, -0.15) is 0 Å². The Labute approximate surface area is 110 Å². The number of aryl methyl sites for hydroxylation is 1. The van der Waals surface area contributed by atoms with Crippen molar-refractivity contribution in [2.75, 3.05) is 6.54 Å². The summed E-state index contributed by atoms with van der Waals surface area (Å²) in [5.74, 6) is -0.963. The van der Waals surface area contributed by atoms with Gasteiger partial charge in [-0.25, -0.2) is 4.98 Å². The molecule has 0 atom stereocenters. The molecular formula is C12H18N2O3S. The summed E-state index contributed by atoms with van der Waals surface area (Å²) in [4.78, 5) is 28.5. The van der Waals surface area contributed by atoms with Gasteiger partial charge in [-0.05, 0) is 27.2 Å². The number of rotatable bonds is 6. The first-order chi connectivity index (χ1) is 8.41. The number of thiazole rings is 1. The minimum absolute atomic E-state index is 0.0355. The van der Waals surface area contributed by atoms with Crippen LogP contribution in [-0.2, 0) is 4.79 Å². The van der Waals surface area contributed by atoms with E-state index in [1.54, 1.807) is 10.3 Å². The molecule has 0 aliphatic heterocycles. The lowest BCUT2D eigenvalue weighted by Crippen LogP contribution is -2.38. The molecule has 100 valence electrons. The molecule has 1 rings (SSSR count). The molecule has 1 heterocycles. The monoisotopic (exact) mass is 270 g/mol. The summed E-state index contributed by atoms with van der Waals surface area (Å²) in [6.45, 7) is 6.13. The highest BCUT2D eigenvalue weighted by Crippen LogP contribution is 2.13. The lowest BCUT2D eigenvalue weighted by molar-refractivity contribution is -0.137. The number of carbonyl (C=O) groups excluding carboxylic acids is 1. The highest BCUT2D eigenvalue weighted by Gasteiger charge is 2.20. The molecule has 5 nitrogen and oxygen atoms in total.